The average molecular weight is 536 g/mol. The van der Waals surface area contributed by atoms with Crippen LogP contribution in [0.3, 0.4) is 0 Å². The van der Waals surface area contributed by atoms with Gasteiger partial charge in [-0.3, -0.25) is 13.9 Å². The van der Waals surface area contributed by atoms with Crippen LogP contribution in [0.25, 0.3) is 0 Å². The molecule has 36 heavy (non-hydrogen) atoms. The number of hydrogen-bond acceptors (Lipinski definition) is 4. The maximum Gasteiger partial charge on any atom is 0.242 e. The standard InChI is InChI=1S/C27H38ClN3O4S/c1-5-7-18-29-27(33)24(6-2)30(20-22-14-9-10-15-23(22)28)26(32)17-12-19-31(36(4,34)35)25-16-11-8-13-21(25)3/h8-11,13-16,24H,5-7,12,17-20H2,1-4H3,(H,29,33)/t24-/m0/s1. The third kappa shape index (κ3) is 8.52. The van der Waals surface area contributed by atoms with Gasteiger partial charge in [0.15, 0.2) is 0 Å². The summed E-state index contributed by atoms with van der Waals surface area (Å²) >= 11 is 6.37. The molecule has 0 unspecified atom stereocenters. The molecule has 2 aromatic rings. The van der Waals surface area contributed by atoms with Crippen molar-refractivity contribution in [1.82, 2.24) is 10.2 Å². The first-order chi connectivity index (χ1) is 17.1. The number of anilines is 1. The number of amides is 2. The second-order valence-corrected chi connectivity index (χ2v) is 11.2. The highest BCUT2D eigenvalue weighted by Gasteiger charge is 2.29. The van der Waals surface area contributed by atoms with Crippen LogP contribution in [0.2, 0.25) is 5.02 Å². The van der Waals surface area contributed by atoms with Crippen LogP contribution < -0.4 is 9.62 Å². The van der Waals surface area contributed by atoms with Crippen molar-refractivity contribution in [1.29, 1.82) is 0 Å². The van der Waals surface area contributed by atoms with Crippen molar-refractivity contribution < 1.29 is 18.0 Å². The van der Waals surface area contributed by atoms with Crippen molar-refractivity contribution in [2.24, 2.45) is 0 Å². The van der Waals surface area contributed by atoms with Gasteiger partial charge in [0, 0.05) is 31.1 Å². The summed E-state index contributed by atoms with van der Waals surface area (Å²) in [6.07, 6.45) is 3.84. The third-order valence-corrected chi connectivity index (χ3v) is 7.60. The highest BCUT2D eigenvalue weighted by molar-refractivity contribution is 7.92. The van der Waals surface area contributed by atoms with E-state index < -0.39 is 16.1 Å². The summed E-state index contributed by atoms with van der Waals surface area (Å²) in [5, 5.41) is 3.47. The van der Waals surface area contributed by atoms with Crippen molar-refractivity contribution in [3.8, 4) is 0 Å². The molecule has 0 spiro atoms. The molecular formula is C27H38ClN3O4S. The van der Waals surface area contributed by atoms with E-state index in [1.54, 1.807) is 23.1 Å². The number of rotatable bonds is 14. The number of nitrogens with one attached hydrogen (secondary N) is 1. The lowest BCUT2D eigenvalue weighted by Gasteiger charge is -2.31. The lowest BCUT2D eigenvalue weighted by molar-refractivity contribution is -0.141. The lowest BCUT2D eigenvalue weighted by atomic mass is 10.1. The minimum Gasteiger partial charge on any atom is -0.354 e. The Morgan fingerprint density at radius 1 is 1.03 bits per heavy atom. The zero-order valence-corrected chi connectivity index (χ0v) is 23.2. The molecular weight excluding hydrogens is 498 g/mol. The molecule has 0 aliphatic carbocycles. The predicted octanol–water partition coefficient (Wildman–Crippen LogP) is 4.92. The highest BCUT2D eigenvalue weighted by Crippen LogP contribution is 2.24. The normalized spacial score (nSPS) is 12.1. The first-order valence-corrected chi connectivity index (χ1v) is 14.7. The SMILES string of the molecule is CCCCNC(=O)[C@H](CC)N(Cc1ccccc1Cl)C(=O)CCCN(c1ccccc1C)S(C)(=O)=O. The van der Waals surface area contributed by atoms with E-state index in [0.717, 1.165) is 24.0 Å². The summed E-state index contributed by atoms with van der Waals surface area (Å²) in [6.45, 7) is 6.70. The Bertz CT molecular complexity index is 1120. The molecule has 0 heterocycles. The number of hydrogen-bond donors (Lipinski definition) is 1. The minimum absolute atomic E-state index is 0.0983. The van der Waals surface area contributed by atoms with E-state index in [9.17, 15) is 18.0 Å². The summed E-state index contributed by atoms with van der Waals surface area (Å²) < 4.78 is 26.3. The summed E-state index contributed by atoms with van der Waals surface area (Å²) in [7, 11) is -3.53. The van der Waals surface area contributed by atoms with Gasteiger partial charge in [0.2, 0.25) is 21.8 Å². The van der Waals surface area contributed by atoms with Crippen LogP contribution in [-0.2, 0) is 26.2 Å². The fourth-order valence-electron chi connectivity index (χ4n) is 4.06. The largest absolute Gasteiger partial charge is 0.354 e. The number of sulfonamides is 1. The van der Waals surface area contributed by atoms with E-state index in [1.165, 1.54) is 10.6 Å². The first-order valence-electron chi connectivity index (χ1n) is 12.4. The maximum atomic E-state index is 13.5. The number of carbonyl (C=O) groups is 2. The van der Waals surface area contributed by atoms with Crippen molar-refractivity contribution in [3.05, 3.63) is 64.7 Å². The van der Waals surface area contributed by atoms with E-state index in [4.69, 9.17) is 11.6 Å². The summed E-state index contributed by atoms with van der Waals surface area (Å²) in [4.78, 5) is 28.0. The minimum atomic E-state index is -3.53. The van der Waals surface area contributed by atoms with Gasteiger partial charge in [-0.25, -0.2) is 8.42 Å². The summed E-state index contributed by atoms with van der Waals surface area (Å²) in [5.74, 6) is -0.408. The molecule has 2 rings (SSSR count). The second kappa shape index (κ2) is 14.2. The predicted molar refractivity (Wildman–Crippen MR) is 147 cm³/mol. The van der Waals surface area contributed by atoms with Crippen LogP contribution in [0.4, 0.5) is 5.69 Å². The van der Waals surface area contributed by atoms with Gasteiger partial charge in [-0.2, -0.15) is 0 Å². The molecule has 9 heteroatoms. The van der Waals surface area contributed by atoms with E-state index in [2.05, 4.69) is 5.32 Å². The highest BCUT2D eigenvalue weighted by atomic mass is 35.5. The number of aryl methyl sites for hydroxylation is 1. The molecule has 0 bridgehead atoms. The molecule has 0 aliphatic heterocycles. The Balaban J connectivity index is 2.22. The number of para-hydroxylation sites is 1. The maximum absolute atomic E-state index is 13.5. The van der Waals surface area contributed by atoms with Crippen LogP contribution in [0.15, 0.2) is 48.5 Å². The molecule has 0 radical (unpaired) electrons. The van der Waals surface area contributed by atoms with Crippen molar-refractivity contribution in [2.75, 3.05) is 23.7 Å². The Morgan fingerprint density at radius 3 is 2.31 bits per heavy atom. The molecule has 7 nitrogen and oxygen atoms in total. The van der Waals surface area contributed by atoms with Gasteiger partial charge in [-0.05, 0) is 49.4 Å². The first kappa shape index (κ1) is 29.6. The Morgan fingerprint density at radius 2 is 1.69 bits per heavy atom. The van der Waals surface area contributed by atoms with E-state index >= 15 is 0 Å². The molecule has 1 N–H and O–H groups in total. The molecule has 2 aromatic carbocycles. The van der Waals surface area contributed by atoms with E-state index in [1.807, 2.05) is 51.1 Å². The number of benzene rings is 2. The van der Waals surface area contributed by atoms with Gasteiger partial charge in [0.1, 0.15) is 6.04 Å². The van der Waals surface area contributed by atoms with E-state index in [0.29, 0.717) is 30.1 Å². The van der Waals surface area contributed by atoms with Crippen LogP contribution in [-0.4, -0.2) is 50.5 Å². The monoisotopic (exact) mass is 535 g/mol. The summed E-state index contributed by atoms with van der Waals surface area (Å²) in [5.41, 5.74) is 2.19. The average Bonchev–Trinajstić information content (AvgIpc) is 2.83. The Hall–Kier alpha value is -2.58. The van der Waals surface area contributed by atoms with E-state index in [-0.39, 0.29) is 31.3 Å². The molecule has 0 saturated carbocycles. The van der Waals surface area contributed by atoms with Crippen molar-refractivity contribution in [2.45, 2.75) is 65.5 Å². The molecule has 0 aromatic heterocycles. The van der Waals surface area contributed by atoms with Crippen LogP contribution >= 0.6 is 11.6 Å². The molecule has 0 saturated heterocycles. The van der Waals surface area contributed by atoms with Crippen molar-refractivity contribution >= 4 is 39.1 Å². The van der Waals surface area contributed by atoms with Gasteiger partial charge in [-0.15, -0.1) is 0 Å². The van der Waals surface area contributed by atoms with Crippen LogP contribution in [0, 0.1) is 6.92 Å². The van der Waals surface area contributed by atoms with Crippen LogP contribution in [0.1, 0.15) is 57.1 Å². The third-order valence-electron chi connectivity index (χ3n) is 6.05. The van der Waals surface area contributed by atoms with Crippen molar-refractivity contribution in [3.63, 3.8) is 0 Å². The Kier molecular flexibility index (Phi) is 11.7. The van der Waals surface area contributed by atoms with Gasteiger partial charge < -0.3 is 10.2 Å². The quantitative estimate of drug-likeness (QED) is 0.348. The number of nitrogens with zero attached hydrogens (tertiary/aromatic N) is 2. The van der Waals surface area contributed by atoms with Gasteiger partial charge >= 0.3 is 0 Å². The van der Waals surface area contributed by atoms with Gasteiger partial charge in [0.05, 0.1) is 11.9 Å². The fraction of sp³-hybridized carbons (Fsp3) is 0.481. The fourth-order valence-corrected chi connectivity index (χ4v) is 5.28. The lowest BCUT2D eigenvalue weighted by Crippen LogP contribution is -2.49. The van der Waals surface area contributed by atoms with Gasteiger partial charge in [0.25, 0.3) is 0 Å². The summed E-state index contributed by atoms with van der Waals surface area (Å²) in [6, 6.07) is 13.9. The van der Waals surface area contributed by atoms with Gasteiger partial charge in [-0.1, -0.05) is 68.3 Å². The zero-order chi connectivity index (χ0) is 26.7. The zero-order valence-electron chi connectivity index (χ0n) is 21.7. The molecule has 2 amide bonds. The molecule has 0 aliphatic rings. The molecule has 1 atom stereocenters. The molecule has 0 fully saturated rings. The Labute approximate surface area is 220 Å². The number of carbonyl (C=O) groups excluding carboxylic acids is 2. The number of halogens is 1. The topological polar surface area (TPSA) is 86.8 Å². The van der Waals surface area contributed by atoms with Crippen LogP contribution in [0.5, 0.6) is 0 Å². The number of unbranched alkanes of at least 4 members (excludes halogenated alkanes) is 1. The second-order valence-electron chi connectivity index (χ2n) is 8.91. The molecule has 198 valence electrons. The smallest absolute Gasteiger partial charge is 0.242 e.